The Balaban J connectivity index is 1.68. The summed E-state index contributed by atoms with van der Waals surface area (Å²) in [5.41, 5.74) is 0.961. The van der Waals surface area contributed by atoms with Crippen LogP contribution >= 0.6 is 11.8 Å². The first-order valence-corrected chi connectivity index (χ1v) is 9.01. The maximum atomic E-state index is 12.5. The Hall–Kier alpha value is -1.89. The molecule has 3 heterocycles. The van der Waals surface area contributed by atoms with Gasteiger partial charge >= 0.3 is 0 Å². The summed E-state index contributed by atoms with van der Waals surface area (Å²) >= 11 is 1.59. The maximum Gasteiger partial charge on any atom is 0.227 e. The molecule has 1 unspecified atom stereocenters. The molecular formula is C16H21N5OS. The lowest BCUT2D eigenvalue weighted by molar-refractivity contribution is -0.131. The first-order chi connectivity index (χ1) is 11.2. The molecule has 1 amide bonds. The molecule has 0 radical (unpaired) electrons. The van der Waals surface area contributed by atoms with Gasteiger partial charge in [-0.05, 0) is 30.7 Å². The molecule has 122 valence electrons. The summed E-state index contributed by atoms with van der Waals surface area (Å²) in [7, 11) is 2.00. The third-order valence-corrected chi connectivity index (χ3v) is 4.99. The van der Waals surface area contributed by atoms with E-state index < -0.39 is 0 Å². The molecule has 2 aromatic rings. The van der Waals surface area contributed by atoms with Crippen molar-refractivity contribution in [1.29, 1.82) is 0 Å². The van der Waals surface area contributed by atoms with Gasteiger partial charge in [-0.25, -0.2) is 0 Å². The van der Waals surface area contributed by atoms with E-state index in [1.165, 1.54) is 0 Å². The summed E-state index contributed by atoms with van der Waals surface area (Å²) in [5, 5.41) is 9.46. The molecule has 0 aliphatic carbocycles. The van der Waals surface area contributed by atoms with Gasteiger partial charge in [0.2, 0.25) is 5.91 Å². The van der Waals surface area contributed by atoms with Crippen molar-refractivity contribution in [1.82, 2.24) is 24.6 Å². The first-order valence-electron chi connectivity index (χ1n) is 7.79. The zero-order valence-corrected chi connectivity index (χ0v) is 14.3. The van der Waals surface area contributed by atoms with Crippen LogP contribution in [0.25, 0.3) is 0 Å². The van der Waals surface area contributed by atoms with E-state index in [0.717, 1.165) is 42.5 Å². The summed E-state index contributed by atoms with van der Waals surface area (Å²) in [4.78, 5) is 18.6. The van der Waals surface area contributed by atoms with Crippen molar-refractivity contribution >= 4 is 17.7 Å². The normalized spacial score (nSPS) is 18.2. The van der Waals surface area contributed by atoms with Crippen LogP contribution in [-0.4, -0.2) is 49.9 Å². The van der Waals surface area contributed by atoms with Gasteiger partial charge in [-0.1, -0.05) is 17.8 Å². The van der Waals surface area contributed by atoms with Crippen LogP contribution in [0.15, 0.2) is 29.7 Å². The number of thioether (sulfide) groups is 1. The molecule has 23 heavy (non-hydrogen) atoms. The van der Waals surface area contributed by atoms with Gasteiger partial charge in [-0.2, -0.15) is 0 Å². The quantitative estimate of drug-likeness (QED) is 0.801. The molecule has 0 N–H and O–H groups in total. The van der Waals surface area contributed by atoms with Crippen LogP contribution < -0.4 is 0 Å². The van der Waals surface area contributed by atoms with E-state index in [1.807, 2.05) is 34.9 Å². The van der Waals surface area contributed by atoms with Crippen LogP contribution in [0.2, 0.25) is 0 Å². The summed E-state index contributed by atoms with van der Waals surface area (Å²) in [6, 6.07) is 3.81. The van der Waals surface area contributed by atoms with Crippen LogP contribution in [-0.2, 0) is 18.3 Å². The van der Waals surface area contributed by atoms with Crippen molar-refractivity contribution in [2.24, 2.45) is 7.05 Å². The molecule has 2 aromatic heterocycles. The highest BCUT2D eigenvalue weighted by Gasteiger charge is 2.28. The van der Waals surface area contributed by atoms with Gasteiger partial charge < -0.3 is 9.47 Å². The van der Waals surface area contributed by atoms with Gasteiger partial charge in [0.05, 0.1) is 6.42 Å². The molecule has 1 saturated heterocycles. The minimum absolute atomic E-state index is 0.162. The fourth-order valence-electron chi connectivity index (χ4n) is 3.06. The van der Waals surface area contributed by atoms with E-state index in [1.54, 1.807) is 24.2 Å². The average molecular weight is 331 g/mol. The topological polar surface area (TPSA) is 63.9 Å². The number of likely N-dealkylation sites (tertiary alicyclic amines) is 1. The molecule has 1 aliphatic rings. The zero-order chi connectivity index (χ0) is 16.2. The SMILES string of the molecule is CSc1nnc(C2CCCN(C(=O)Cc3cccnc3)C2)n1C. The molecule has 0 aromatic carbocycles. The number of amides is 1. The number of rotatable bonds is 4. The van der Waals surface area contributed by atoms with Gasteiger partial charge in [-0.3, -0.25) is 9.78 Å². The van der Waals surface area contributed by atoms with Crippen molar-refractivity contribution in [3.63, 3.8) is 0 Å². The molecule has 0 spiro atoms. The molecule has 1 atom stereocenters. The van der Waals surface area contributed by atoms with Crippen molar-refractivity contribution in [2.75, 3.05) is 19.3 Å². The molecule has 7 heteroatoms. The standard InChI is InChI=1S/C16H21N5OS/c1-20-15(18-19-16(20)23-2)13-6-4-8-21(11-13)14(22)9-12-5-3-7-17-10-12/h3,5,7,10,13H,4,6,8-9,11H2,1-2H3. The van der Waals surface area contributed by atoms with Crippen molar-refractivity contribution in [2.45, 2.75) is 30.3 Å². The molecule has 1 fully saturated rings. The second kappa shape index (κ2) is 7.12. The number of carbonyl (C=O) groups is 1. The number of nitrogens with zero attached hydrogens (tertiary/aromatic N) is 5. The van der Waals surface area contributed by atoms with Crippen molar-refractivity contribution < 1.29 is 4.79 Å². The Morgan fingerprint density at radius 1 is 1.43 bits per heavy atom. The minimum atomic E-state index is 0.162. The predicted molar refractivity (Wildman–Crippen MR) is 89.3 cm³/mol. The Morgan fingerprint density at radius 3 is 3.00 bits per heavy atom. The molecule has 6 nitrogen and oxygen atoms in total. The van der Waals surface area contributed by atoms with Gasteiger partial charge in [0.1, 0.15) is 5.82 Å². The van der Waals surface area contributed by atoms with E-state index in [4.69, 9.17) is 0 Å². The van der Waals surface area contributed by atoms with Crippen molar-refractivity contribution in [3.8, 4) is 0 Å². The van der Waals surface area contributed by atoms with E-state index in [2.05, 4.69) is 15.2 Å². The van der Waals surface area contributed by atoms with Gasteiger partial charge in [-0.15, -0.1) is 10.2 Å². The van der Waals surface area contributed by atoms with Crippen molar-refractivity contribution in [3.05, 3.63) is 35.9 Å². The smallest absolute Gasteiger partial charge is 0.227 e. The number of aromatic nitrogens is 4. The summed E-state index contributed by atoms with van der Waals surface area (Å²) in [6.07, 6.45) is 7.95. The predicted octanol–water partition coefficient (Wildman–Crippen LogP) is 1.88. The molecule has 1 aliphatic heterocycles. The van der Waals surface area contributed by atoms with E-state index in [0.29, 0.717) is 6.42 Å². The van der Waals surface area contributed by atoms with E-state index >= 15 is 0 Å². The largest absolute Gasteiger partial charge is 0.342 e. The van der Waals surface area contributed by atoms with Crippen LogP contribution in [0.5, 0.6) is 0 Å². The second-order valence-electron chi connectivity index (χ2n) is 5.82. The Labute approximate surface area is 140 Å². The summed E-state index contributed by atoms with van der Waals surface area (Å²) in [6.45, 7) is 1.54. The van der Waals surface area contributed by atoms with Crippen LogP contribution in [0.3, 0.4) is 0 Å². The molecule has 3 rings (SSSR count). The lowest BCUT2D eigenvalue weighted by atomic mass is 9.96. The number of piperidine rings is 1. The van der Waals surface area contributed by atoms with Crippen LogP contribution in [0.4, 0.5) is 0 Å². The highest BCUT2D eigenvalue weighted by Crippen LogP contribution is 2.27. The molecule has 0 saturated carbocycles. The lowest BCUT2D eigenvalue weighted by Crippen LogP contribution is -2.40. The first kappa shape index (κ1) is 16.0. The monoisotopic (exact) mass is 331 g/mol. The van der Waals surface area contributed by atoms with Crippen LogP contribution in [0, 0.1) is 0 Å². The Kier molecular flexibility index (Phi) is 4.95. The van der Waals surface area contributed by atoms with E-state index in [9.17, 15) is 4.79 Å². The number of hydrogen-bond acceptors (Lipinski definition) is 5. The molecular weight excluding hydrogens is 310 g/mol. The fourth-order valence-corrected chi connectivity index (χ4v) is 3.55. The average Bonchev–Trinajstić information content (AvgIpc) is 2.96. The lowest BCUT2D eigenvalue weighted by Gasteiger charge is -2.32. The maximum absolute atomic E-state index is 12.5. The number of hydrogen-bond donors (Lipinski definition) is 0. The van der Waals surface area contributed by atoms with Gasteiger partial charge in [0, 0.05) is 38.4 Å². The molecule has 0 bridgehead atoms. The number of carbonyl (C=O) groups excluding carboxylic acids is 1. The third-order valence-electron chi connectivity index (χ3n) is 4.27. The number of pyridine rings is 1. The highest BCUT2D eigenvalue weighted by atomic mass is 32.2. The third kappa shape index (κ3) is 3.55. The zero-order valence-electron chi connectivity index (χ0n) is 13.5. The van der Waals surface area contributed by atoms with Gasteiger partial charge in [0.25, 0.3) is 0 Å². The highest BCUT2D eigenvalue weighted by molar-refractivity contribution is 7.98. The van der Waals surface area contributed by atoms with Gasteiger partial charge in [0.15, 0.2) is 5.16 Å². The van der Waals surface area contributed by atoms with E-state index in [-0.39, 0.29) is 11.8 Å². The Morgan fingerprint density at radius 2 is 2.30 bits per heavy atom. The minimum Gasteiger partial charge on any atom is -0.342 e. The summed E-state index contributed by atoms with van der Waals surface area (Å²) < 4.78 is 2.05. The summed E-state index contributed by atoms with van der Waals surface area (Å²) in [5.74, 6) is 1.41. The fraction of sp³-hybridized carbons (Fsp3) is 0.500. The Bertz CT molecular complexity index is 672. The second-order valence-corrected chi connectivity index (χ2v) is 6.59. The van der Waals surface area contributed by atoms with Crippen LogP contribution in [0.1, 0.15) is 30.1 Å².